The molecule has 2 aromatic carbocycles. The maximum Gasteiger partial charge on any atom is 0.242 e. The molecule has 0 saturated heterocycles. The number of aromatic nitrogens is 2. The largest absolute Gasteiger partial charge is 0.326 e. The van der Waals surface area contributed by atoms with Crippen molar-refractivity contribution in [1.82, 2.24) is 13.9 Å². The minimum atomic E-state index is -3.41. The van der Waals surface area contributed by atoms with Gasteiger partial charge in [-0.3, -0.25) is 0 Å². The highest BCUT2D eigenvalue weighted by Gasteiger charge is 2.17. The molecular formula is C16H17N3O2S. The van der Waals surface area contributed by atoms with E-state index in [0.29, 0.717) is 11.4 Å². The lowest BCUT2D eigenvalue weighted by Crippen LogP contribution is -2.22. The monoisotopic (exact) mass is 315 g/mol. The molecule has 0 saturated carbocycles. The van der Waals surface area contributed by atoms with Crippen molar-refractivity contribution < 1.29 is 8.42 Å². The summed E-state index contributed by atoms with van der Waals surface area (Å²) in [7, 11) is -0.346. The van der Waals surface area contributed by atoms with E-state index in [0.717, 1.165) is 16.6 Å². The molecule has 0 atom stereocenters. The summed E-state index contributed by atoms with van der Waals surface area (Å²) >= 11 is 0. The lowest BCUT2D eigenvalue weighted by molar-refractivity contribution is 0.520. The molecule has 6 heteroatoms. The van der Waals surface area contributed by atoms with Crippen molar-refractivity contribution in [2.75, 3.05) is 14.1 Å². The van der Waals surface area contributed by atoms with Crippen molar-refractivity contribution in [2.45, 2.75) is 11.4 Å². The van der Waals surface area contributed by atoms with E-state index in [1.54, 1.807) is 24.5 Å². The highest BCUT2D eigenvalue weighted by Crippen LogP contribution is 2.18. The second-order valence-electron chi connectivity index (χ2n) is 5.30. The predicted molar refractivity (Wildman–Crippen MR) is 86.1 cm³/mol. The van der Waals surface area contributed by atoms with Gasteiger partial charge in [0, 0.05) is 20.6 Å². The highest BCUT2D eigenvalue weighted by atomic mass is 32.2. The van der Waals surface area contributed by atoms with Gasteiger partial charge in [0.05, 0.1) is 22.3 Å². The molecule has 0 radical (unpaired) electrons. The molecule has 3 aromatic rings. The van der Waals surface area contributed by atoms with Gasteiger partial charge in [0.25, 0.3) is 0 Å². The van der Waals surface area contributed by atoms with Gasteiger partial charge in [0.1, 0.15) is 0 Å². The first-order valence-corrected chi connectivity index (χ1v) is 8.34. The number of hydrogen-bond acceptors (Lipinski definition) is 3. The summed E-state index contributed by atoms with van der Waals surface area (Å²) in [6.07, 6.45) is 1.78. The average Bonchev–Trinajstić information content (AvgIpc) is 2.91. The molecule has 0 spiro atoms. The van der Waals surface area contributed by atoms with Crippen molar-refractivity contribution >= 4 is 21.1 Å². The minimum absolute atomic E-state index is 0.305. The first kappa shape index (κ1) is 14.7. The molecule has 0 aliphatic rings. The number of nitrogens with zero attached hydrogens (tertiary/aromatic N) is 3. The Morgan fingerprint density at radius 3 is 2.64 bits per heavy atom. The maximum atomic E-state index is 12.2. The fraction of sp³-hybridized carbons (Fsp3) is 0.188. The van der Waals surface area contributed by atoms with Crippen molar-refractivity contribution in [3.8, 4) is 0 Å². The average molecular weight is 315 g/mol. The highest BCUT2D eigenvalue weighted by molar-refractivity contribution is 7.89. The van der Waals surface area contributed by atoms with E-state index in [-0.39, 0.29) is 0 Å². The number of benzene rings is 2. The van der Waals surface area contributed by atoms with Crippen LogP contribution in [-0.2, 0) is 16.6 Å². The lowest BCUT2D eigenvalue weighted by atomic mass is 10.2. The summed E-state index contributed by atoms with van der Waals surface area (Å²) < 4.78 is 27.6. The van der Waals surface area contributed by atoms with Gasteiger partial charge in [0.15, 0.2) is 0 Å². The van der Waals surface area contributed by atoms with Crippen LogP contribution < -0.4 is 0 Å². The quantitative estimate of drug-likeness (QED) is 0.742. The Hall–Kier alpha value is -2.18. The molecule has 3 rings (SSSR count). The van der Waals surface area contributed by atoms with Crippen LogP contribution in [0.1, 0.15) is 5.56 Å². The number of para-hydroxylation sites is 2. The normalized spacial score (nSPS) is 12.1. The third-order valence-corrected chi connectivity index (χ3v) is 5.37. The Morgan fingerprint density at radius 1 is 1.09 bits per heavy atom. The Labute approximate surface area is 129 Å². The summed E-state index contributed by atoms with van der Waals surface area (Å²) in [6.45, 7) is 0.581. The van der Waals surface area contributed by atoms with E-state index in [1.807, 2.05) is 34.9 Å². The van der Waals surface area contributed by atoms with Crippen LogP contribution in [0.25, 0.3) is 11.0 Å². The zero-order chi connectivity index (χ0) is 15.7. The fourth-order valence-corrected chi connectivity index (χ4v) is 3.32. The summed E-state index contributed by atoms with van der Waals surface area (Å²) in [6, 6.07) is 14.9. The molecule has 0 aliphatic carbocycles. The van der Waals surface area contributed by atoms with Gasteiger partial charge in [-0.1, -0.05) is 24.3 Å². The topological polar surface area (TPSA) is 55.2 Å². The number of imidazole rings is 1. The van der Waals surface area contributed by atoms with Crippen molar-refractivity contribution in [3.05, 3.63) is 60.4 Å². The van der Waals surface area contributed by atoms with Crippen molar-refractivity contribution in [1.29, 1.82) is 0 Å². The number of hydrogen-bond donors (Lipinski definition) is 0. The summed E-state index contributed by atoms with van der Waals surface area (Å²) in [5, 5.41) is 0. The molecule has 1 aromatic heterocycles. The van der Waals surface area contributed by atoms with E-state index in [9.17, 15) is 8.42 Å². The van der Waals surface area contributed by atoms with Crippen LogP contribution >= 0.6 is 0 Å². The Morgan fingerprint density at radius 2 is 1.86 bits per heavy atom. The first-order valence-electron chi connectivity index (χ1n) is 6.90. The van der Waals surface area contributed by atoms with E-state index >= 15 is 0 Å². The third-order valence-electron chi connectivity index (χ3n) is 3.56. The zero-order valence-electron chi connectivity index (χ0n) is 12.5. The molecule has 22 heavy (non-hydrogen) atoms. The van der Waals surface area contributed by atoms with Gasteiger partial charge in [-0.2, -0.15) is 0 Å². The molecule has 0 aliphatic heterocycles. The van der Waals surface area contributed by atoms with Crippen LogP contribution in [0.15, 0.2) is 59.8 Å². The second kappa shape index (κ2) is 5.55. The smallest absolute Gasteiger partial charge is 0.242 e. The van der Waals surface area contributed by atoms with Gasteiger partial charge < -0.3 is 4.57 Å². The molecule has 0 unspecified atom stereocenters. The minimum Gasteiger partial charge on any atom is -0.326 e. The van der Waals surface area contributed by atoms with Crippen LogP contribution in [-0.4, -0.2) is 36.4 Å². The van der Waals surface area contributed by atoms with Gasteiger partial charge in [-0.25, -0.2) is 17.7 Å². The van der Waals surface area contributed by atoms with Crippen LogP contribution in [0.4, 0.5) is 0 Å². The molecule has 5 nitrogen and oxygen atoms in total. The van der Waals surface area contributed by atoms with Crippen LogP contribution in [0.2, 0.25) is 0 Å². The van der Waals surface area contributed by atoms with Gasteiger partial charge in [-0.15, -0.1) is 0 Å². The fourth-order valence-electron chi connectivity index (χ4n) is 2.35. The number of fused-ring (bicyclic) bond motifs is 1. The Kier molecular flexibility index (Phi) is 3.72. The molecule has 114 valence electrons. The van der Waals surface area contributed by atoms with Gasteiger partial charge >= 0.3 is 0 Å². The summed E-state index contributed by atoms with van der Waals surface area (Å²) in [5.41, 5.74) is 2.88. The van der Waals surface area contributed by atoms with Crippen molar-refractivity contribution in [2.24, 2.45) is 0 Å². The number of rotatable bonds is 4. The zero-order valence-corrected chi connectivity index (χ0v) is 13.3. The van der Waals surface area contributed by atoms with Gasteiger partial charge in [0.2, 0.25) is 10.0 Å². The van der Waals surface area contributed by atoms with E-state index < -0.39 is 10.0 Å². The SMILES string of the molecule is CN(C)S(=O)(=O)c1cccc(Cn2cnc3ccccc32)c1. The second-order valence-corrected chi connectivity index (χ2v) is 7.45. The predicted octanol–water partition coefficient (Wildman–Crippen LogP) is 2.33. The lowest BCUT2D eigenvalue weighted by Gasteiger charge is -2.12. The Bertz CT molecular complexity index is 914. The van der Waals surface area contributed by atoms with Crippen molar-refractivity contribution in [3.63, 3.8) is 0 Å². The standard InChI is InChI=1S/C16H17N3O2S/c1-18(2)22(20,21)14-7-5-6-13(10-14)11-19-12-17-15-8-3-4-9-16(15)19/h3-10,12H,11H2,1-2H3. The van der Waals surface area contributed by atoms with E-state index in [2.05, 4.69) is 4.98 Å². The maximum absolute atomic E-state index is 12.2. The summed E-state index contributed by atoms with van der Waals surface area (Å²) in [4.78, 5) is 4.66. The van der Waals surface area contributed by atoms with E-state index in [4.69, 9.17) is 0 Å². The van der Waals surface area contributed by atoms with E-state index in [1.165, 1.54) is 18.4 Å². The molecular weight excluding hydrogens is 298 g/mol. The number of sulfonamides is 1. The molecule has 1 heterocycles. The molecule has 0 amide bonds. The molecule has 0 fully saturated rings. The Balaban J connectivity index is 1.97. The van der Waals surface area contributed by atoms with Gasteiger partial charge in [-0.05, 0) is 29.8 Å². The summed E-state index contributed by atoms with van der Waals surface area (Å²) in [5.74, 6) is 0. The molecule has 0 N–H and O–H groups in total. The van der Waals surface area contributed by atoms with Crippen LogP contribution in [0.5, 0.6) is 0 Å². The molecule has 0 bridgehead atoms. The van der Waals surface area contributed by atoms with Crippen LogP contribution in [0, 0.1) is 0 Å². The van der Waals surface area contributed by atoms with Crippen LogP contribution in [0.3, 0.4) is 0 Å². The first-order chi connectivity index (χ1) is 10.5. The third kappa shape index (κ3) is 2.63.